The number of benzene rings is 2. The second kappa shape index (κ2) is 5.91. The van der Waals surface area contributed by atoms with E-state index in [-0.39, 0.29) is 5.41 Å². The largest absolute Gasteiger partial charge is 0.0918 e. The summed E-state index contributed by atoms with van der Waals surface area (Å²) in [7, 11) is 0. The molecule has 0 fully saturated rings. The van der Waals surface area contributed by atoms with Crippen LogP contribution in [0.15, 0.2) is 48.5 Å². The number of hydrogen-bond donors (Lipinski definition) is 0. The Morgan fingerprint density at radius 1 is 1.10 bits per heavy atom. The number of halogens is 2. The topological polar surface area (TPSA) is 0 Å². The van der Waals surface area contributed by atoms with Gasteiger partial charge in [0.15, 0.2) is 0 Å². The van der Waals surface area contributed by atoms with Crippen LogP contribution in [0.2, 0.25) is 5.02 Å². The summed E-state index contributed by atoms with van der Waals surface area (Å²) < 4.78 is 0. The fraction of sp³-hybridized carbons (Fsp3) is 0.333. The number of fused-ring (bicyclic) bond motifs is 1. The third-order valence-corrected chi connectivity index (χ3v) is 5.69. The Balaban J connectivity index is 2.00. The highest BCUT2D eigenvalue weighted by molar-refractivity contribution is 9.09. The fourth-order valence-corrected chi connectivity index (χ4v) is 4.41. The molecule has 0 aromatic heterocycles. The van der Waals surface area contributed by atoms with E-state index in [0.717, 1.165) is 16.8 Å². The van der Waals surface area contributed by atoms with Crippen LogP contribution in [0.25, 0.3) is 0 Å². The third-order valence-electron chi connectivity index (χ3n) is 4.38. The van der Waals surface area contributed by atoms with Crippen LogP contribution in [-0.4, -0.2) is 5.33 Å². The van der Waals surface area contributed by atoms with Gasteiger partial charge >= 0.3 is 0 Å². The summed E-state index contributed by atoms with van der Waals surface area (Å²) in [5.41, 5.74) is 4.57. The lowest BCUT2D eigenvalue weighted by Gasteiger charge is -2.38. The molecule has 1 aliphatic rings. The summed E-state index contributed by atoms with van der Waals surface area (Å²) in [5, 5.41) is 1.83. The quantitative estimate of drug-likeness (QED) is 0.637. The van der Waals surface area contributed by atoms with Crippen LogP contribution >= 0.6 is 27.5 Å². The Morgan fingerprint density at radius 3 is 2.75 bits per heavy atom. The van der Waals surface area contributed by atoms with Crippen molar-refractivity contribution in [3.05, 3.63) is 70.2 Å². The number of hydrogen-bond acceptors (Lipinski definition) is 0. The molecule has 3 rings (SSSR count). The van der Waals surface area contributed by atoms with Crippen LogP contribution in [0.5, 0.6) is 0 Å². The molecule has 2 aromatic carbocycles. The summed E-state index contributed by atoms with van der Waals surface area (Å²) in [6.45, 7) is 0. The van der Waals surface area contributed by atoms with E-state index >= 15 is 0 Å². The van der Waals surface area contributed by atoms with Crippen molar-refractivity contribution in [3.63, 3.8) is 0 Å². The Labute approximate surface area is 134 Å². The lowest BCUT2D eigenvalue weighted by molar-refractivity contribution is 0.401. The zero-order chi connectivity index (χ0) is 14.0. The zero-order valence-electron chi connectivity index (χ0n) is 11.4. The maximum Gasteiger partial charge on any atom is 0.0408 e. The first-order valence-corrected chi connectivity index (χ1v) is 8.62. The van der Waals surface area contributed by atoms with Gasteiger partial charge < -0.3 is 0 Å². The van der Waals surface area contributed by atoms with Gasteiger partial charge in [0.2, 0.25) is 0 Å². The Kier molecular flexibility index (Phi) is 4.18. The van der Waals surface area contributed by atoms with Crippen molar-refractivity contribution in [2.75, 3.05) is 5.33 Å². The van der Waals surface area contributed by atoms with Gasteiger partial charge in [0, 0.05) is 15.8 Å². The van der Waals surface area contributed by atoms with Crippen molar-refractivity contribution in [1.82, 2.24) is 0 Å². The lowest BCUT2D eigenvalue weighted by Crippen LogP contribution is -2.35. The summed E-state index contributed by atoms with van der Waals surface area (Å²) in [6.07, 6.45) is 4.77. The first kappa shape index (κ1) is 14.2. The van der Waals surface area contributed by atoms with E-state index in [2.05, 4.69) is 52.3 Å². The van der Waals surface area contributed by atoms with Gasteiger partial charge in [-0.2, -0.15) is 0 Å². The predicted octanol–water partition coefficient (Wildman–Crippen LogP) is 5.55. The lowest BCUT2D eigenvalue weighted by atomic mass is 9.68. The molecule has 2 aromatic rings. The molecule has 20 heavy (non-hydrogen) atoms. The van der Waals surface area contributed by atoms with Crippen LogP contribution < -0.4 is 0 Å². The summed E-state index contributed by atoms with van der Waals surface area (Å²) >= 11 is 9.92. The highest BCUT2D eigenvalue weighted by Gasteiger charge is 2.35. The van der Waals surface area contributed by atoms with Gasteiger partial charge in [0.1, 0.15) is 0 Å². The minimum absolute atomic E-state index is 0.208. The molecule has 1 aliphatic carbocycles. The standard InChI is InChI=1S/C18H18BrCl/c19-13-18(12-14-5-3-8-16(20)11-14)10-4-7-15-6-1-2-9-17(15)18/h1-3,5-6,8-9,11H,4,7,10,12-13H2. The number of aryl methyl sites for hydroxylation is 1. The van der Waals surface area contributed by atoms with Gasteiger partial charge in [0.25, 0.3) is 0 Å². The smallest absolute Gasteiger partial charge is 0.0408 e. The highest BCUT2D eigenvalue weighted by Crippen LogP contribution is 2.41. The molecule has 0 amide bonds. The van der Waals surface area contributed by atoms with Gasteiger partial charge in [-0.1, -0.05) is 63.9 Å². The molecule has 0 spiro atoms. The normalized spacial score (nSPS) is 21.5. The molecule has 0 saturated heterocycles. The first-order chi connectivity index (χ1) is 9.73. The molecule has 0 bridgehead atoms. The van der Waals surface area contributed by atoms with Crippen LogP contribution in [0.1, 0.15) is 29.5 Å². The molecule has 0 radical (unpaired) electrons. The number of rotatable bonds is 3. The van der Waals surface area contributed by atoms with Gasteiger partial charge in [-0.15, -0.1) is 0 Å². The Hall–Kier alpha value is -0.790. The summed E-state index contributed by atoms with van der Waals surface area (Å²) in [4.78, 5) is 0. The van der Waals surface area contributed by atoms with Gasteiger partial charge in [-0.3, -0.25) is 0 Å². The van der Waals surface area contributed by atoms with E-state index in [1.165, 1.54) is 36.0 Å². The molecule has 0 saturated carbocycles. The molecule has 0 nitrogen and oxygen atoms in total. The van der Waals surface area contributed by atoms with E-state index < -0.39 is 0 Å². The predicted molar refractivity (Wildman–Crippen MR) is 90.0 cm³/mol. The average Bonchev–Trinajstić information content (AvgIpc) is 2.47. The van der Waals surface area contributed by atoms with Gasteiger partial charge in [-0.25, -0.2) is 0 Å². The third kappa shape index (κ3) is 2.66. The van der Waals surface area contributed by atoms with E-state index in [4.69, 9.17) is 11.6 Å². The van der Waals surface area contributed by atoms with E-state index in [1.807, 2.05) is 12.1 Å². The summed E-state index contributed by atoms with van der Waals surface area (Å²) in [6, 6.07) is 17.2. The van der Waals surface area contributed by atoms with Crippen LogP contribution in [-0.2, 0) is 18.3 Å². The van der Waals surface area contributed by atoms with Crippen LogP contribution in [0, 0.1) is 0 Å². The van der Waals surface area contributed by atoms with Crippen molar-refractivity contribution >= 4 is 27.5 Å². The Bertz CT molecular complexity index is 608. The van der Waals surface area contributed by atoms with E-state index in [9.17, 15) is 0 Å². The van der Waals surface area contributed by atoms with Crippen molar-refractivity contribution in [2.24, 2.45) is 0 Å². The average molecular weight is 350 g/mol. The van der Waals surface area contributed by atoms with Crippen LogP contribution in [0.3, 0.4) is 0 Å². The molecule has 1 unspecified atom stereocenters. The van der Waals surface area contributed by atoms with Gasteiger partial charge in [0.05, 0.1) is 0 Å². The second-order valence-electron chi connectivity index (χ2n) is 5.73. The minimum atomic E-state index is 0.208. The van der Waals surface area contributed by atoms with Crippen molar-refractivity contribution < 1.29 is 0 Å². The minimum Gasteiger partial charge on any atom is -0.0918 e. The Morgan fingerprint density at radius 2 is 1.95 bits per heavy atom. The van der Waals surface area contributed by atoms with Crippen LogP contribution in [0.4, 0.5) is 0 Å². The zero-order valence-corrected chi connectivity index (χ0v) is 13.8. The van der Waals surface area contributed by atoms with E-state index in [1.54, 1.807) is 0 Å². The summed E-state index contributed by atoms with van der Waals surface area (Å²) in [5.74, 6) is 0. The molecule has 0 N–H and O–H groups in total. The first-order valence-electron chi connectivity index (χ1n) is 7.12. The molecule has 1 atom stereocenters. The van der Waals surface area contributed by atoms with Crippen molar-refractivity contribution in [2.45, 2.75) is 31.1 Å². The highest BCUT2D eigenvalue weighted by atomic mass is 79.9. The van der Waals surface area contributed by atoms with Gasteiger partial charge in [-0.05, 0) is 54.5 Å². The maximum absolute atomic E-state index is 6.14. The molecular formula is C18H18BrCl. The molecule has 0 heterocycles. The fourth-order valence-electron chi connectivity index (χ4n) is 3.41. The maximum atomic E-state index is 6.14. The monoisotopic (exact) mass is 348 g/mol. The molecular weight excluding hydrogens is 332 g/mol. The SMILES string of the molecule is Clc1cccc(CC2(CBr)CCCc3ccccc32)c1. The molecule has 104 valence electrons. The molecule has 0 aliphatic heterocycles. The number of alkyl halides is 1. The van der Waals surface area contributed by atoms with Crippen molar-refractivity contribution in [3.8, 4) is 0 Å². The van der Waals surface area contributed by atoms with E-state index in [0.29, 0.717) is 0 Å². The second-order valence-corrected chi connectivity index (χ2v) is 6.73. The molecule has 2 heteroatoms. The van der Waals surface area contributed by atoms with Crippen molar-refractivity contribution in [1.29, 1.82) is 0 Å².